The van der Waals surface area contributed by atoms with E-state index >= 15 is 0 Å². The molecule has 0 aromatic heterocycles. The van der Waals surface area contributed by atoms with Gasteiger partial charge in [-0.3, -0.25) is 14.5 Å². The van der Waals surface area contributed by atoms with Crippen LogP contribution in [0.1, 0.15) is 5.56 Å². The number of carbonyl (C=O) groups is 2. The lowest BCUT2D eigenvalue weighted by Gasteiger charge is -2.15. The molecule has 28 heavy (non-hydrogen) atoms. The normalized spacial score (nSPS) is 16.4. The van der Waals surface area contributed by atoms with Crippen LogP contribution in [-0.2, 0) is 11.2 Å². The van der Waals surface area contributed by atoms with E-state index in [-0.39, 0.29) is 30.1 Å². The Kier molecular flexibility index (Phi) is 6.41. The highest BCUT2D eigenvalue weighted by Gasteiger charge is 2.39. The van der Waals surface area contributed by atoms with Crippen LogP contribution >= 0.6 is 11.8 Å². The van der Waals surface area contributed by atoms with Gasteiger partial charge in [-0.15, -0.1) is 0 Å². The second-order valence-electron chi connectivity index (χ2n) is 6.05. The smallest absolute Gasteiger partial charge is 0.289 e. The number of hydrogen-bond donors (Lipinski definition) is 0. The molecule has 0 spiro atoms. The molecule has 1 aliphatic rings. The third kappa shape index (κ3) is 4.56. The first-order chi connectivity index (χ1) is 13.5. The first-order valence-electron chi connectivity index (χ1n) is 8.63. The van der Waals surface area contributed by atoms with Crippen LogP contribution in [0.5, 0.6) is 17.2 Å². The van der Waals surface area contributed by atoms with E-state index in [1.54, 1.807) is 26.4 Å². The Hall–Kier alpha value is -2.74. The van der Waals surface area contributed by atoms with E-state index in [0.717, 1.165) is 17.3 Å². The average Bonchev–Trinajstić information content (AvgIpc) is 2.97. The lowest BCUT2D eigenvalue weighted by atomic mass is 10.1. The van der Waals surface area contributed by atoms with Gasteiger partial charge in [-0.2, -0.15) is 0 Å². The Balaban J connectivity index is 1.59. The largest absolute Gasteiger partial charge is 0.497 e. The number of rotatable bonds is 8. The monoisotopic (exact) mass is 405 g/mol. The van der Waals surface area contributed by atoms with Crippen LogP contribution in [0.2, 0.25) is 0 Å². The Morgan fingerprint density at radius 2 is 1.75 bits per heavy atom. The molecule has 0 unspecified atom stereocenters. The summed E-state index contributed by atoms with van der Waals surface area (Å²) in [6.07, 6.45) is 0.373. The van der Waals surface area contributed by atoms with E-state index in [2.05, 4.69) is 0 Å². The van der Waals surface area contributed by atoms with E-state index in [4.69, 9.17) is 14.2 Å². The van der Waals surface area contributed by atoms with Gasteiger partial charge in [0.25, 0.3) is 5.24 Å². The van der Waals surface area contributed by atoms with Crippen LogP contribution in [0.25, 0.3) is 0 Å². The van der Waals surface area contributed by atoms with E-state index in [1.807, 2.05) is 6.07 Å². The summed E-state index contributed by atoms with van der Waals surface area (Å²) in [5.74, 6) is 1.13. The van der Waals surface area contributed by atoms with Crippen LogP contribution in [-0.4, -0.2) is 48.7 Å². The van der Waals surface area contributed by atoms with Gasteiger partial charge in [-0.1, -0.05) is 17.8 Å². The maximum absolute atomic E-state index is 12.9. The molecule has 2 amide bonds. The Morgan fingerprint density at radius 1 is 1.04 bits per heavy atom. The minimum atomic E-state index is -0.513. The van der Waals surface area contributed by atoms with Crippen LogP contribution in [0.15, 0.2) is 42.5 Å². The quantitative estimate of drug-likeness (QED) is 0.670. The first-order valence-corrected chi connectivity index (χ1v) is 9.51. The van der Waals surface area contributed by atoms with Gasteiger partial charge in [0, 0.05) is 6.07 Å². The Morgan fingerprint density at radius 3 is 2.43 bits per heavy atom. The van der Waals surface area contributed by atoms with Crippen molar-refractivity contribution in [3.05, 3.63) is 53.8 Å². The molecule has 0 aliphatic carbocycles. The molecule has 3 rings (SSSR count). The maximum Gasteiger partial charge on any atom is 0.289 e. The van der Waals surface area contributed by atoms with Gasteiger partial charge in [0.05, 0.1) is 26.0 Å². The number of imide groups is 1. The molecule has 1 fully saturated rings. The molecule has 0 bridgehead atoms. The number of thioether (sulfide) groups is 1. The summed E-state index contributed by atoms with van der Waals surface area (Å²) in [4.78, 5) is 26.1. The average molecular weight is 405 g/mol. The highest BCUT2D eigenvalue weighted by atomic mass is 32.2. The summed E-state index contributed by atoms with van der Waals surface area (Å²) in [6.45, 7) is 0.278. The fraction of sp³-hybridized carbons (Fsp3) is 0.300. The number of benzene rings is 2. The van der Waals surface area contributed by atoms with Gasteiger partial charge in [0.2, 0.25) is 5.91 Å². The molecule has 2 aromatic carbocycles. The topological polar surface area (TPSA) is 65.1 Å². The molecule has 8 heteroatoms. The molecule has 2 aromatic rings. The molecule has 1 aliphatic heterocycles. The second kappa shape index (κ2) is 8.97. The highest BCUT2D eigenvalue weighted by molar-refractivity contribution is 8.15. The number of amides is 2. The fourth-order valence-corrected chi connectivity index (χ4v) is 3.88. The van der Waals surface area contributed by atoms with Crippen molar-refractivity contribution in [2.75, 3.05) is 27.4 Å². The van der Waals surface area contributed by atoms with Crippen molar-refractivity contribution in [3.8, 4) is 17.2 Å². The lowest BCUT2D eigenvalue weighted by molar-refractivity contribution is -0.126. The molecular weight excluding hydrogens is 385 g/mol. The van der Waals surface area contributed by atoms with Crippen molar-refractivity contribution in [1.29, 1.82) is 0 Å². The van der Waals surface area contributed by atoms with Crippen molar-refractivity contribution in [1.82, 2.24) is 4.90 Å². The van der Waals surface area contributed by atoms with Gasteiger partial charge in [0.15, 0.2) is 0 Å². The molecule has 6 nitrogen and oxygen atoms in total. The van der Waals surface area contributed by atoms with Crippen molar-refractivity contribution in [3.63, 3.8) is 0 Å². The number of nitrogens with zero attached hydrogens (tertiary/aromatic N) is 1. The Bertz CT molecular complexity index is 858. The standard InChI is InChI=1S/C20H20FNO5S/c1-25-16-6-3-13(17(12-16)26-2)11-18-19(23)22(20(24)28-18)9-10-27-15-7-4-14(21)5-8-15/h3-8,12,18H,9-11H2,1-2H3/t18-/m0/s1. The van der Waals surface area contributed by atoms with Gasteiger partial charge in [0.1, 0.15) is 29.7 Å². The van der Waals surface area contributed by atoms with Crippen molar-refractivity contribution in [2.24, 2.45) is 0 Å². The maximum atomic E-state index is 12.9. The third-order valence-electron chi connectivity index (χ3n) is 4.30. The van der Waals surface area contributed by atoms with Crippen LogP contribution in [0.3, 0.4) is 0 Å². The summed E-state index contributed by atoms with van der Waals surface area (Å²) in [5.41, 5.74) is 0.825. The van der Waals surface area contributed by atoms with Gasteiger partial charge in [-0.05, 0) is 42.3 Å². The van der Waals surface area contributed by atoms with Crippen molar-refractivity contribution < 1.29 is 28.2 Å². The summed E-state index contributed by atoms with van der Waals surface area (Å²) in [7, 11) is 3.11. The lowest BCUT2D eigenvalue weighted by Crippen LogP contribution is -2.35. The minimum absolute atomic E-state index is 0.137. The minimum Gasteiger partial charge on any atom is -0.497 e. The number of halogens is 1. The van der Waals surface area contributed by atoms with E-state index < -0.39 is 5.25 Å². The molecule has 1 saturated heterocycles. The van der Waals surface area contributed by atoms with Crippen LogP contribution < -0.4 is 14.2 Å². The van der Waals surface area contributed by atoms with E-state index in [1.165, 1.54) is 29.2 Å². The van der Waals surface area contributed by atoms with Crippen LogP contribution in [0.4, 0.5) is 9.18 Å². The molecule has 0 saturated carbocycles. The van der Waals surface area contributed by atoms with Crippen molar-refractivity contribution >= 4 is 22.9 Å². The molecule has 148 valence electrons. The summed E-state index contributed by atoms with van der Waals surface area (Å²) in [5, 5.41) is -0.814. The van der Waals surface area contributed by atoms with E-state index in [0.29, 0.717) is 23.7 Å². The summed E-state index contributed by atoms with van der Waals surface area (Å²) < 4.78 is 28.9. The predicted molar refractivity (Wildman–Crippen MR) is 104 cm³/mol. The third-order valence-corrected chi connectivity index (χ3v) is 5.38. The van der Waals surface area contributed by atoms with Gasteiger partial charge < -0.3 is 14.2 Å². The summed E-state index contributed by atoms with van der Waals surface area (Å²) >= 11 is 0.999. The number of carbonyl (C=O) groups excluding carboxylic acids is 2. The zero-order valence-corrected chi connectivity index (χ0v) is 16.3. The molecule has 1 atom stereocenters. The highest BCUT2D eigenvalue weighted by Crippen LogP contribution is 2.33. The zero-order valence-electron chi connectivity index (χ0n) is 15.5. The Labute approximate surface area is 166 Å². The second-order valence-corrected chi connectivity index (χ2v) is 7.20. The number of hydrogen-bond acceptors (Lipinski definition) is 6. The van der Waals surface area contributed by atoms with Crippen molar-refractivity contribution in [2.45, 2.75) is 11.7 Å². The SMILES string of the molecule is COc1ccc(C[C@@H]2SC(=O)N(CCOc3ccc(F)cc3)C2=O)c(OC)c1. The number of methoxy groups -OCH3 is 2. The number of ether oxygens (including phenoxy) is 3. The zero-order chi connectivity index (χ0) is 20.1. The van der Waals surface area contributed by atoms with Crippen LogP contribution in [0, 0.1) is 5.82 Å². The molecule has 0 N–H and O–H groups in total. The predicted octanol–water partition coefficient (Wildman–Crippen LogP) is 3.53. The molecular formula is C20H20FNO5S. The van der Waals surface area contributed by atoms with Gasteiger partial charge >= 0.3 is 0 Å². The fourth-order valence-electron chi connectivity index (χ4n) is 2.84. The molecule has 0 radical (unpaired) electrons. The first kappa shape index (κ1) is 20.0. The molecule has 1 heterocycles. The van der Waals surface area contributed by atoms with E-state index in [9.17, 15) is 14.0 Å². The summed E-state index contributed by atoms with van der Waals surface area (Å²) in [6, 6.07) is 10.9. The van der Waals surface area contributed by atoms with Gasteiger partial charge in [-0.25, -0.2) is 4.39 Å².